The Morgan fingerprint density at radius 2 is 1.95 bits per heavy atom. The molecule has 0 aromatic heterocycles. The summed E-state index contributed by atoms with van der Waals surface area (Å²) in [6, 6.07) is 11.6. The molecule has 1 N–H and O–H groups in total. The van der Waals surface area contributed by atoms with E-state index in [9.17, 15) is 9.18 Å². The highest BCUT2D eigenvalue weighted by atomic mass is 19.1. The highest BCUT2D eigenvalue weighted by molar-refractivity contribution is 5.92. The van der Waals surface area contributed by atoms with Gasteiger partial charge in [-0.15, -0.1) is 0 Å². The van der Waals surface area contributed by atoms with Crippen molar-refractivity contribution in [3.8, 4) is 11.5 Å². The summed E-state index contributed by atoms with van der Waals surface area (Å²) >= 11 is 0. The molecule has 2 rings (SSSR count). The molecule has 116 valence electrons. The number of ether oxygens (including phenoxy) is 2. The number of hydrogen-bond donors (Lipinski definition) is 1. The quantitative estimate of drug-likeness (QED) is 0.887. The number of benzene rings is 2. The van der Waals surface area contributed by atoms with Gasteiger partial charge in [-0.25, -0.2) is 4.39 Å². The van der Waals surface area contributed by atoms with Gasteiger partial charge in [0.05, 0.1) is 25.8 Å². The first-order chi connectivity index (χ1) is 10.6. The minimum atomic E-state index is -0.441. The van der Waals surface area contributed by atoms with Crippen LogP contribution >= 0.6 is 0 Å². The molecule has 0 unspecified atom stereocenters. The number of amides is 1. The van der Waals surface area contributed by atoms with Crippen molar-refractivity contribution in [1.29, 1.82) is 0 Å². The molecule has 2 aromatic carbocycles. The fraction of sp³-hybridized carbons (Fsp3) is 0.235. The van der Waals surface area contributed by atoms with E-state index in [1.54, 1.807) is 25.3 Å². The molecule has 0 radical (unpaired) electrons. The average molecular weight is 303 g/mol. The molecule has 0 aliphatic heterocycles. The summed E-state index contributed by atoms with van der Waals surface area (Å²) in [4.78, 5) is 11.9. The second-order valence-electron chi connectivity index (χ2n) is 4.78. The van der Waals surface area contributed by atoms with Crippen molar-refractivity contribution in [2.75, 3.05) is 19.0 Å². The first kappa shape index (κ1) is 15.8. The SMILES string of the molecule is COc1ccc(C)cc1NC(=O)CCOc1ccccc1F. The summed E-state index contributed by atoms with van der Waals surface area (Å²) in [7, 11) is 1.54. The zero-order valence-corrected chi connectivity index (χ0v) is 12.6. The number of para-hydroxylation sites is 1. The first-order valence-corrected chi connectivity index (χ1v) is 6.92. The van der Waals surface area contributed by atoms with Gasteiger partial charge in [0.15, 0.2) is 11.6 Å². The van der Waals surface area contributed by atoms with Crippen LogP contribution in [0.25, 0.3) is 0 Å². The van der Waals surface area contributed by atoms with Crippen LogP contribution in [0.2, 0.25) is 0 Å². The number of rotatable bonds is 6. The van der Waals surface area contributed by atoms with Crippen molar-refractivity contribution in [3.05, 3.63) is 53.8 Å². The van der Waals surface area contributed by atoms with E-state index in [2.05, 4.69) is 5.32 Å². The largest absolute Gasteiger partial charge is 0.495 e. The molecular weight excluding hydrogens is 285 g/mol. The van der Waals surface area contributed by atoms with Gasteiger partial charge in [0, 0.05) is 0 Å². The minimum Gasteiger partial charge on any atom is -0.495 e. The van der Waals surface area contributed by atoms with E-state index in [0.717, 1.165) is 5.56 Å². The van der Waals surface area contributed by atoms with Gasteiger partial charge in [-0.05, 0) is 36.8 Å². The molecule has 0 bridgehead atoms. The normalized spacial score (nSPS) is 10.1. The van der Waals surface area contributed by atoms with Crippen LogP contribution in [0.5, 0.6) is 11.5 Å². The van der Waals surface area contributed by atoms with Gasteiger partial charge < -0.3 is 14.8 Å². The minimum absolute atomic E-state index is 0.0981. The van der Waals surface area contributed by atoms with Crippen molar-refractivity contribution in [2.45, 2.75) is 13.3 Å². The van der Waals surface area contributed by atoms with E-state index in [-0.39, 0.29) is 24.7 Å². The van der Waals surface area contributed by atoms with E-state index in [0.29, 0.717) is 11.4 Å². The Balaban J connectivity index is 1.88. The predicted molar refractivity (Wildman–Crippen MR) is 82.9 cm³/mol. The van der Waals surface area contributed by atoms with Crippen LogP contribution in [0.15, 0.2) is 42.5 Å². The Bertz CT molecular complexity index is 658. The maximum atomic E-state index is 13.4. The molecule has 0 aliphatic rings. The number of anilines is 1. The number of carbonyl (C=O) groups is 1. The second kappa shape index (κ2) is 7.45. The van der Waals surface area contributed by atoms with Gasteiger partial charge in [-0.3, -0.25) is 4.79 Å². The molecule has 0 saturated carbocycles. The fourth-order valence-electron chi connectivity index (χ4n) is 1.95. The molecule has 0 saturated heterocycles. The number of aryl methyl sites for hydroxylation is 1. The number of halogens is 1. The van der Waals surface area contributed by atoms with Crippen molar-refractivity contribution in [2.24, 2.45) is 0 Å². The van der Waals surface area contributed by atoms with Crippen LogP contribution in [0.1, 0.15) is 12.0 Å². The summed E-state index contributed by atoms with van der Waals surface area (Å²) in [6.45, 7) is 2.03. The zero-order chi connectivity index (χ0) is 15.9. The van der Waals surface area contributed by atoms with Crippen LogP contribution in [-0.2, 0) is 4.79 Å². The lowest BCUT2D eigenvalue weighted by Gasteiger charge is -2.11. The van der Waals surface area contributed by atoms with E-state index >= 15 is 0 Å². The summed E-state index contributed by atoms with van der Waals surface area (Å²) in [6.07, 6.45) is 0.116. The molecule has 0 heterocycles. The molecule has 5 heteroatoms. The van der Waals surface area contributed by atoms with Gasteiger partial charge in [-0.1, -0.05) is 18.2 Å². The lowest BCUT2D eigenvalue weighted by molar-refractivity contribution is -0.116. The van der Waals surface area contributed by atoms with E-state index in [1.165, 1.54) is 12.1 Å². The third-order valence-corrected chi connectivity index (χ3v) is 3.05. The van der Waals surface area contributed by atoms with Gasteiger partial charge in [0.25, 0.3) is 0 Å². The third kappa shape index (κ3) is 4.22. The van der Waals surface area contributed by atoms with Gasteiger partial charge >= 0.3 is 0 Å². The summed E-state index contributed by atoms with van der Waals surface area (Å²) in [5.41, 5.74) is 1.62. The van der Waals surface area contributed by atoms with Crippen LogP contribution in [0, 0.1) is 12.7 Å². The molecule has 0 atom stereocenters. The molecule has 0 aliphatic carbocycles. The summed E-state index contributed by atoms with van der Waals surface area (Å²) in [5.74, 6) is 0.0703. The van der Waals surface area contributed by atoms with Crippen LogP contribution < -0.4 is 14.8 Å². The van der Waals surface area contributed by atoms with E-state index < -0.39 is 5.82 Å². The Labute approximate surface area is 128 Å². The van der Waals surface area contributed by atoms with E-state index in [4.69, 9.17) is 9.47 Å². The standard InChI is InChI=1S/C17H18FNO3/c1-12-7-8-16(21-2)14(11-12)19-17(20)9-10-22-15-6-4-3-5-13(15)18/h3-8,11H,9-10H2,1-2H3,(H,19,20). The van der Waals surface area contributed by atoms with Gasteiger partial charge in [0.2, 0.25) is 5.91 Å². The van der Waals surface area contributed by atoms with Crippen molar-refractivity contribution >= 4 is 11.6 Å². The maximum Gasteiger partial charge on any atom is 0.227 e. The monoisotopic (exact) mass is 303 g/mol. The smallest absolute Gasteiger partial charge is 0.227 e. The van der Waals surface area contributed by atoms with Crippen molar-refractivity contribution in [3.63, 3.8) is 0 Å². The number of carbonyl (C=O) groups excluding carboxylic acids is 1. The molecule has 0 spiro atoms. The maximum absolute atomic E-state index is 13.4. The average Bonchev–Trinajstić information content (AvgIpc) is 2.49. The lowest BCUT2D eigenvalue weighted by Crippen LogP contribution is -2.16. The highest BCUT2D eigenvalue weighted by Crippen LogP contribution is 2.25. The Kier molecular flexibility index (Phi) is 5.36. The van der Waals surface area contributed by atoms with Crippen LogP contribution in [0.4, 0.5) is 10.1 Å². The predicted octanol–water partition coefficient (Wildman–Crippen LogP) is 3.55. The lowest BCUT2D eigenvalue weighted by atomic mass is 10.2. The van der Waals surface area contributed by atoms with E-state index in [1.807, 2.05) is 19.1 Å². The molecule has 0 fully saturated rings. The van der Waals surface area contributed by atoms with Gasteiger partial charge in [-0.2, -0.15) is 0 Å². The second-order valence-corrected chi connectivity index (χ2v) is 4.78. The number of methoxy groups -OCH3 is 1. The highest BCUT2D eigenvalue weighted by Gasteiger charge is 2.09. The topological polar surface area (TPSA) is 47.6 Å². The Hall–Kier alpha value is -2.56. The Morgan fingerprint density at radius 1 is 1.18 bits per heavy atom. The van der Waals surface area contributed by atoms with Crippen molar-refractivity contribution < 1.29 is 18.7 Å². The molecular formula is C17H18FNO3. The molecule has 4 nitrogen and oxygen atoms in total. The van der Waals surface area contributed by atoms with Gasteiger partial charge in [0.1, 0.15) is 5.75 Å². The zero-order valence-electron chi connectivity index (χ0n) is 12.6. The summed E-state index contributed by atoms with van der Waals surface area (Å²) in [5, 5.41) is 2.77. The molecule has 2 aromatic rings. The molecule has 22 heavy (non-hydrogen) atoms. The van der Waals surface area contributed by atoms with Crippen LogP contribution in [-0.4, -0.2) is 19.6 Å². The number of hydrogen-bond acceptors (Lipinski definition) is 3. The number of nitrogens with one attached hydrogen (secondary N) is 1. The third-order valence-electron chi connectivity index (χ3n) is 3.05. The Morgan fingerprint density at radius 3 is 2.68 bits per heavy atom. The van der Waals surface area contributed by atoms with Crippen molar-refractivity contribution in [1.82, 2.24) is 0 Å². The van der Waals surface area contributed by atoms with Crippen LogP contribution in [0.3, 0.4) is 0 Å². The molecule has 1 amide bonds. The first-order valence-electron chi connectivity index (χ1n) is 6.92. The summed E-state index contributed by atoms with van der Waals surface area (Å²) < 4.78 is 23.8. The fourth-order valence-corrected chi connectivity index (χ4v) is 1.95.